The first-order valence-electron chi connectivity index (χ1n) is 7.96. The molecule has 2 fully saturated rings. The fourth-order valence-electron chi connectivity index (χ4n) is 4.53. The number of amides is 1. The number of nitrogens with one attached hydrogen (secondary N) is 1. The molecule has 23 heavy (non-hydrogen) atoms. The minimum atomic E-state index is -0.863. The van der Waals surface area contributed by atoms with Crippen LogP contribution in [-0.4, -0.2) is 17.0 Å². The molecule has 0 aliphatic heterocycles. The number of aliphatic carboxylic acids is 1. The highest BCUT2D eigenvalue weighted by atomic mass is 35.5. The largest absolute Gasteiger partial charge is 0.481 e. The van der Waals surface area contributed by atoms with Crippen molar-refractivity contribution in [3.63, 3.8) is 0 Å². The number of halogens is 1. The first-order chi connectivity index (χ1) is 11.0. The number of carboxylic acid groups (broad SMARTS) is 1. The van der Waals surface area contributed by atoms with Crippen LogP contribution in [0.25, 0.3) is 0 Å². The Morgan fingerprint density at radius 2 is 1.83 bits per heavy atom. The molecule has 4 aliphatic carbocycles. The van der Waals surface area contributed by atoms with Crippen molar-refractivity contribution in [3.8, 4) is 0 Å². The number of carbonyl (C=O) groups excluding carboxylic acids is 1. The summed E-state index contributed by atoms with van der Waals surface area (Å²) in [5, 5.41) is 13.1. The van der Waals surface area contributed by atoms with Crippen LogP contribution in [0.15, 0.2) is 30.4 Å². The quantitative estimate of drug-likeness (QED) is 0.835. The molecule has 0 spiro atoms. The SMILES string of the molecule is Cc1c(Cl)cccc1NC(=O)[C@@H]1[C@@H]2C=C[C@H]([C@H]3C[C@H]23)[C@@H]1C(=O)O. The Kier molecular flexibility index (Phi) is 3.27. The maximum absolute atomic E-state index is 12.8. The molecule has 2 N–H and O–H groups in total. The van der Waals surface area contributed by atoms with Gasteiger partial charge in [-0.05, 0) is 54.7 Å². The maximum Gasteiger partial charge on any atom is 0.307 e. The lowest BCUT2D eigenvalue weighted by Gasteiger charge is -2.41. The van der Waals surface area contributed by atoms with Crippen LogP contribution in [0.3, 0.4) is 0 Å². The number of allylic oxidation sites excluding steroid dienone is 2. The fourth-order valence-corrected chi connectivity index (χ4v) is 4.70. The maximum atomic E-state index is 12.8. The molecule has 0 aromatic heterocycles. The number of rotatable bonds is 3. The molecule has 0 unspecified atom stereocenters. The van der Waals surface area contributed by atoms with E-state index in [2.05, 4.69) is 11.4 Å². The van der Waals surface area contributed by atoms with Crippen LogP contribution in [0.2, 0.25) is 5.02 Å². The molecule has 0 saturated heterocycles. The molecule has 1 aromatic carbocycles. The second-order valence-electron chi connectivity index (χ2n) is 6.89. The summed E-state index contributed by atoms with van der Waals surface area (Å²) in [5.74, 6) is -1.19. The smallest absolute Gasteiger partial charge is 0.307 e. The van der Waals surface area contributed by atoms with E-state index < -0.39 is 17.8 Å². The second kappa shape index (κ2) is 5.10. The monoisotopic (exact) mass is 331 g/mol. The van der Waals surface area contributed by atoms with Crippen molar-refractivity contribution in [2.24, 2.45) is 35.5 Å². The van der Waals surface area contributed by atoms with Gasteiger partial charge in [0.2, 0.25) is 5.91 Å². The number of hydrogen-bond donors (Lipinski definition) is 2. The highest BCUT2D eigenvalue weighted by Crippen LogP contribution is 2.63. The average molecular weight is 332 g/mol. The number of carbonyl (C=O) groups is 2. The molecule has 0 heterocycles. The third kappa shape index (κ3) is 2.19. The summed E-state index contributed by atoms with van der Waals surface area (Å²) in [5.41, 5.74) is 1.46. The van der Waals surface area contributed by atoms with E-state index in [0.29, 0.717) is 22.5 Å². The van der Waals surface area contributed by atoms with E-state index in [9.17, 15) is 14.7 Å². The van der Waals surface area contributed by atoms with Crippen LogP contribution in [0.1, 0.15) is 12.0 Å². The molecular formula is C18H18ClNO3. The normalized spacial score (nSPS) is 36.4. The number of carboxylic acids is 1. The zero-order valence-corrected chi connectivity index (χ0v) is 13.5. The van der Waals surface area contributed by atoms with Gasteiger partial charge in [-0.3, -0.25) is 9.59 Å². The predicted molar refractivity (Wildman–Crippen MR) is 87.2 cm³/mol. The fraction of sp³-hybridized carbons (Fsp3) is 0.444. The Hall–Kier alpha value is -1.81. The van der Waals surface area contributed by atoms with Crippen LogP contribution in [-0.2, 0) is 9.59 Å². The molecule has 2 bridgehead atoms. The van der Waals surface area contributed by atoms with Gasteiger partial charge in [-0.25, -0.2) is 0 Å². The summed E-state index contributed by atoms with van der Waals surface area (Å²) < 4.78 is 0. The van der Waals surface area contributed by atoms with E-state index >= 15 is 0 Å². The summed E-state index contributed by atoms with van der Waals surface area (Å²) in [6.07, 6.45) is 5.13. The number of hydrogen-bond acceptors (Lipinski definition) is 2. The first-order valence-corrected chi connectivity index (χ1v) is 8.34. The van der Waals surface area contributed by atoms with Crippen molar-refractivity contribution < 1.29 is 14.7 Å². The van der Waals surface area contributed by atoms with E-state index in [4.69, 9.17) is 11.6 Å². The molecule has 4 nitrogen and oxygen atoms in total. The van der Waals surface area contributed by atoms with E-state index in [0.717, 1.165) is 12.0 Å². The molecular weight excluding hydrogens is 314 g/mol. The summed E-state index contributed by atoms with van der Waals surface area (Å²) in [7, 11) is 0. The van der Waals surface area contributed by atoms with Gasteiger partial charge in [0.15, 0.2) is 0 Å². The molecule has 0 radical (unpaired) electrons. The third-order valence-corrected chi connectivity index (χ3v) is 6.17. The highest BCUT2D eigenvalue weighted by Gasteiger charge is 2.62. The van der Waals surface area contributed by atoms with Crippen LogP contribution in [0.4, 0.5) is 5.69 Å². The predicted octanol–water partition coefficient (Wildman–Crippen LogP) is 3.36. The molecule has 1 amide bonds. The van der Waals surface area contributed by atoms with Crippen LogP contribution >= 0.6 is 11.6 Å². The van der Waals surface area contributed by atoms with E-state index in [1.807, 2.05) is 13.0 Å². The average Bonchev–Trinajstić information content (AvgIpc) is 3.33. The van der Waals surface area contributed by atoms with Crippen molar-refractivity contribution >= 4 is 29.2 Å². The van der Waals surface area contributed by atoms with E-state index in [-0.39, 0.29) is 17.7 Å². The molecule has 1 aromatic rings. The second-order valence-corrected chi connectivity index (χ2v) is 7.30. The molecule has 120 valence electrons. The first kappa shape index (κ1) is 14.8. The van der Waals surface area contributed by atoms with Crippen molar-refractivity contribution in [2.75, 3.05) is 5.32 Å². The van der Waals surface area contributed by atoms with Gasteiger partial charge < -0.3 is 10.4 Å². The Labute approximate surface area is 139 Å². The Balaban J connectivity index is 1.63. The lowest BCUT2D eigenvalue weighted by atomic mass is 9.62. The van der Waals surface area contributed by atoms with Gasteiger partial charge in [0.25, 0.3) is 0 Å². The number of benzene rings is 1. The molecule has 5 heteroatoms. The minimum absolute atomic E-state index is 0.00120. The van der Waals surface area contributed by atoms with E-state index in [1.165, 1.54) is 0 Å². The van der Waals surface area contributed by atoms with Gasteiger partial charge in [-0.15, -0.1) is 0 Å². The third-order valence-electron chi connectivity index (χ3n) is 5.77. The molecule has 4 aliphatic rings. The molecule has 6 atom stereocenters. The van der Waals surface area contributed by atoms with Crippen LogP contribution in [0, 0.1) is 42.4 Å². The zero-order chi connectivity index (χ0) is 16.3. The van der Waals surface area contributed by atoms with Crippen molar-refractivity contribution in [2.45, 2.75) is 13.3 Å². The summed E-state index contributed by atoms with van der Waals surface area (Å²) in [6.45, 7) is 1.84. The number of fused-ring (bicyclic) bond motifs is 1. The van der Waals surface area contributed by atoms with Crippen molar-refractivity contribution in [1.29, 1.82) is 0 Å². The lowest BCUT2D eigenvalue weighted by Crippen LogP contribution is -2.48. The van der Waals surface area contributed by atoms with Crippen LogP contribution in [0.5, 0.6) is 0 Å². The van der Waals surface area contributed by atoms with Gasteiger partial charge in [0.05, 0.1) is 11.8 Å². The minimum Gasteiger partial charge on any atom is -0.481 e. The summed E-state index contributed by atoms with van der Waals surface area (Å²) in [6, 6.07) is 5.35. The Bertz CT molecular complexity index is 729. The van der Waals surface area contributed by atoms with Gasteiger partial charge in [0, 0.05) is 10.7 Å². The summed E-state index contributed by atoms with van der Waals surface area (Å²) in [4.78, 5) is 24.6. The van der Waals surface area contributed by atoms with Gasteiger partial charge >= 0.3 is 5.97 Å². The Morgan fingerprint density at radius 1 is 1.17 bits per heavy atom. The van der Waals surface area contributed by atoms with Crippen molar-refractivity contribution in [1.82, 2.24) is 0 Å². The van der Waals surface area contributed by atoms with Gasteiger partial charge in [-0.1, -0.05) is 29.8 Å². The topological polar surface area (TPSA) is 66.4 Å². The van der Waals surface area contributed by atoms with Gasteiger partial charge in [-0.2, -0.15) is 0 Å². The van der Waals surface area contributed by atoms with Crippen LogP contribution < -0.4 is 5.32 Å². The lowest BCUT2D eigenvalue weighted by molar-refractivity contribution is -0.152. The Morgan fingerprint density at radius 3 is 2.48 bits per heavy atom. The standard InChI is InChI=1S/C18H18ClNO3/c1-8-13(19)3-2-4-14(8)20-17(21)15-9-5-6-10(12-7-11(9)12)16(15)18(22)23/h2-6,9-12,15-16H,7H2,1H3,(H,20,21)(H,22,23)/t9-,10-,11-,12-,15-,16+/m1/s1. The molecule has 5 rings (SSSR count). The van der Waals surface area contributed by atoms with Gasteiger partial charge in [0.1, 0.15) is 0 Å². The number of anilines is 1. The molecule has 2 saturated carbocycles. The van der Waals surface area contributed by atoms with E-state index in [1.54, 1.807) is 18.2 Å². The zero-order valence-electron chi connectivity index (χ0n) is 12.7. The summed E-state index contributed by atoms with van der Waals surface area (Å²) >= 11 is 6.10. The highest BCUT2D eigenvalue weighted by molar-refractivity contribution is 6.31. The van der Waals surface area contributed by atoms with Crippen molar-refractivity contribution in [3.05, 3.63) is 40.9 Å².